The van der Waals surface area contributed by atoms with Gasteiger partial charge in [0.25, 0.3) is 0 Å². The lowest BCUT2D eigenvalue weighted by Gasteiger charge is -2.23. The molecule has 3 aliphatic rings. The molecule has 1 saturated carbocycles. The molecule has 3 rings (SSSR count). The Kier molecular flexibility index (Phi) is 7.55. The minimum Gasteiger partial charge on any atom is -0.478 e. The SMILES string of the molecule is O=C(O)C=CC=CC=CC1(O)C=C(NC(=O)C=CC=CC2CCCCC2)C(=O)C2OC21. The highest BCUT2D eigenvalue weighted by Crippen LogP contribution is 2.40. The highest BCUT2D eigenvalue weighted by Gasteiger charge is 2.59. The zero-order valence-electron chi connectivity index (χ0n) is 17.1. The van der Waals surface area contributed by atoms with E-state index in [4.69, 9.17) is 9.84 Å². The highest BCUT2D eigenvalue weighted by atomic mass is 16.6. The van der Waals surface area contributed by atoms with Gasteiger partial charge in [-0.2, -0.15) is 0 Å². The number of hydrogen-bond acceptors (Lipinski definition) is 5. The normalized spacial score (nSPS) is 29.3. The number of nitrogens with one attached hydrogen (secondary N) is 1. The topological polar surface area (TPSA) is 116 Å². The number of aliphatic carboxylic acids is 1. The van der Waals surface area contributed by atoms with Gasteiger partial charge in [-0.1, -0.05) is 61.8 Å². The summed E-state index contributed by atoms with van der Waals surface area (Å²) >= 11 is 0. The summed E-state index contributed by atoms with van der Waals surface area (Å²) in [6.07, 6.45) is 21.2. The molecule has 7 nitrogen and oxygen atoms in total. The molecule has 0 spiro atoms. The van der Waals surface area contributed by atoms with E-state index in [1.54, 1.807) is 12.2 Å². The maximum absolute atomic E-state index is 12.3. The number of carbonyl (C=O) groups excluding carboxylic acids is 2. The van der Waals surface area contributed by atoms with Crippen LogP contribution in [0.15, 0.2) is 72.5 Å². The number of ketones is 1. The van der Waals surface area contributed by atoms with Gasteiger partial charge in [-0.25, -0.2) is 4.79 Å². The Hall–Kier alpha value is -3.03. The Labute approximate surface area is 181 Å². The number of hydrogen-bond donors (Lipinski definition) is 3. The summed E-state index contributed by atoms with van der Waals surface area (Å²) in [5.41, 5.74) is -1.56. The smallest absolute Gasteiger partial charge is 0.328 e. The van der Waals surface area contributed by atoms with Crippen LogP contribution in [0.5, 0.6) is 0 Å². The van der Waals surface area contributed by atoms with Crippen LogP contribution in [0.25, 0.3) is 0 Å². The number of ether oxygens (including phenoxy) is 1. The molecule has 0 bridgehead atoms. The predicted octanol–water partition coefficient (Wildman–Crippen LogP) is 2.51. The van der Waals surface area contributed by atoms with Gasteiger partial charge in [0.2, 0.25) is 11.7 Å². The van der Waals surface area contributed by atoms with Crippen molar-refractivity contribution in [2.45, 2.75) is 49.9 Å². The fourth-order valence-corrected chi connectivity index (χ4v) is 3.78. The maximum Gasteiger partial charge on any atom is 0.328 e. The number of carboxylic acid groups (broad SMARTS) is 1. The molecule has 0 aromatic heterocycles. The van der Waals surface area contributed by atoms with Crippen LogP contribution >= 0.6 is 0 Å². The molecule has 1 amide bonds. The molecule has 164 valence electrons. The number of carbonyl (C=O) groups is 3. The minimum atomic E-state index is -1.55. The summed E-state index contributed by atoms with van der Waals surface area (Å²) in [4.78, 5) is 35.0. The van der Waals surface area contributed by atoms with Crippen LogP contribution in [0.2, 0.25) is 0 Å². The van der Waals surface area contributed by atoms with Gasteiger partial charge in [0.05, 0.1) is 5.70 Å². The van der Waals surface area contributed by atoms with Gasteiger partial charge >= 0.3 is 5.97 Å². The van der Waals surface area contributed by atoms with Crippen molar-refractivity contribution in [3.05, 3.63) is 72.5 Å². The fourth-order valence-electron chi connectivity index (χ4n) is 3.78. The lowest BCUT2D eigenvalue weighted by atomic mass is 9.88. The van der Waals surface area contributed by atoms with Gasteiger partial charge in [-0.15, -0.1) is 0 Å². The first kappa shape index (κ1) is 22.7. The first-order valence-corrected chi connectivity index (χ1v) is 10.5. The molecular weight excluding hydrogens is 398 g/mol. The second kappa shape index (κ2) is 10.3. The average molecular weight is 425 g/mol. The number of fused-ring (bicyclic) bond motifs is 1. The van der Waals surface area contributed by atoms with E-state index in [9.17, 15) is 19.5 Å². The summed E-state index contributed by atoms with van der Waals surface area (Å²) in [6, 6.07) is 0. The van der Waals surface area contributed by atoms with Crippen molar-refractivity contribution in [3.8, 4) is 0 Å². The van der Waals surface area contributed by atoms with E-state index < -0.39 is 29.7 Å². The van der Waals surface area contributed by atoms with Crippen LogP contribution < -0.4 is 5.32 Å². The molecule has 31 heavy (non-hydrogen) atoms. The van der Waals surface area contributed by atoms with Crippen molar-refractivity contribution in [1.82, 2.24) is 5.32 Å². The number of allylic oxidation sites excluding steroid dienone is 7. The Bertz CT molecular complexity index is 888. The average Bonchev–Trinajstić information content (AvgIpc) is 3.55. The summed E-state index contributed by atoms with van der Waals surface area (Å²) in [5.74, 6) is -1.34. The summed E-state index contributed by atoms with van der Waals surface area (Å²) in [5, 5.41) is 21.9. The zero-order chi connectivity index (χ0) is 22.3. The van der Waals surface area contributed by atoms with E-state index in [0.29, 0.717) is 5.92 Å². The third-order valence-electron chi connectivity index (χ3n) is 5.43. The monoisotopic (exact) mass is 425 g/mol. The fraction of sp³-hybridized carbons (Fsp3) is 0.375. The maximum atomic E-state index is 12.3. The first-order chi connectivity index (χ1) is 14.9. The van der Waals surface area contributed by atoms with Gasteiger partial charge in [0.1, 0.15) is 11.7 Å². The molecule has 0 radical (unpaired) electrons. The van der Waals surface area contributed by atoms with Crippen molar-refractivity contribution in [3.63, 3.8) is 0 Å². The molecule has 0 aromatic carbocycles. The number of epoxide rings is 1. The van der Waals surface area contributed by atoms with E-state index in [-0.39, 0.29) is 11.5 Å². The lowest BCUT2D eigenvalue weighted by molar-refractivity contribution is -0.131. The second-order valence-corrected chi connectivity index (χ2v) is 7.86. The molecule has 1 aliphatic heterocycles. The first-order valence-electron chi connectivity index (χ1n) is 10.5. The van der Waals surface area contributed by atoms with E-state index in [0.717, 1.165) is 6.08 Å². The molecule has 3 N–H and O–H groups in total. The van der Waals surface area contributed by atoms with E-state index in [1.165, 1.54) is 68.6 Å². The number of carboxylic acids is 1. The molecule has 0 aromatic rings. The molecule has 2 fully saturated rings. The van der Waals surface area contributed by atoms with Crippen molar-refractivity contribution in [2.75, 3.05) is 0 Å². The van der Waals surface area contributed by atoms with Crippen LogP contribution in [0.1, 0.15) is 32.1 Å². The van der Waals surface area contributed by atoms with Crippen molar-refractivity contribution < 1.29 is 29.3 Å². The zero-order valence-corrected chi connectivity index (χ0v) is 17.1. The second-order valence-electron chi connectivity index (χ2n) is 7.86. The minimum absolute atomic E-state index is 0.00781. The summed E-state index contributed by atoms with van der Waals surface area (Å²) < 4.78 is 5.29. The van der Waals surface area contributed by atoms with E-state index in [2.05, 4.69) is 11.4 Å². The Morgan fingerprint density at radius 3 is 2.48 bits per heavy atom. The standard InChI is InChI=1S/C24H27NO6/c26-19(13-8-7-12-17-10-4-3-5-11-17)25-18-16-24(30,23-22(31-23)21(18)29)15-9-2-1-6-14-20(27)28/h1-2,6-9,12-17,22-23,30H,3-5,10-11H2,(H,25,26)(H,27,28). The number of Topliss-reactive ketones (excluding diaryl/α,β-unsaturated/α-hetero) is 1. The predicted molar refractivity (Wildman–Crippen MR) is 115 cm³/mol. The molecule has 3 atom stereocenters. The number of amides is 1. The molecule has 2 aliphatic carbocycles. The van der Waals surface area contributed by atoms with Crippen molar-refractivity contribution >= 4 is 17.7 Å². The van der Waals surface area contributed by atoms with E-state index in [1.807, 2.05) is 6.08 Å². The molecule has 3 unspecified atom stereocenters. The number of aliphatic hydroxyl groups is 1. The molecule has 1 saturated heterocycles. The van der Waals surface area contributed by atoms with Crippen LogP contribution in [0, 0.1) is 5.92 Å². The van der Waals surface area contributed by atoms with Gasteiger partial charge < -0.3 is 20.3 Å². The van der Waals surface area contributed by atoms with Gasteiger partial charge in [0, 0.05) is 12.2 Å². The summed E-state index contributed by atoms with van der Waals surface area (Å²) in [7, 11) is 0. The van der Waals surface area contributed by atoms with Crippen LogP contribution in [0.3, 0.4) is 0 Å². The summed E-state index contributed by atoms with van der Waals surface area (Å²) in [6.45, 7) is 0. The quantitative estimate of drug-likeness (QED) is 0.313. The Balaban J connectivity index is 1.59. The van der Waals surface area contributed by atoms with Crippen molar-refractivity contribution in [2.24, 2.45) is 5.92 Å². The third-order valence-corrected chi connectivity index (χ3v) is 5.43. The van der Waals surface area contributed by atoms with Crippen LogP contribution in [0.4, 0.5) is 0 Å². The van der Waals surface area contributed by atoms with E-state index >= 15 is 0 Å². The van der Waals surface area contributed by atoms with Crippen LogP contribution in [-0.4, -0.2) is 45.7 Å². The molecule has 7 heteroatoms. The van der Waals surface area contributed by atoms with Crippen LogP contribution in [-0.2, 0) is 19.1 Å². The third kappa shape index (κ3) is 6.47. The van der Waals surface area contributed by atoms with Gasteiger partial charge in [0.15, 0.2) is 6.10 Å². The Morgan fingerprint density at radius 1 is 1.03 bits per heavy atom. The molecular formula is C24H27NO6. The highest BCUT2D eigenvalue weighted by molar-refractivity contribution is 6.06. The van der Waals surface area contributed by atoms with Gasteiger partial charge in [-0.3, -0.25) is 9.59 Å². The van der Waals surface area contributed by atoms with Gasteiger partial charge in [-0.05, 0) is 30.9 Å². The number of rotatable bonds is 8. The Morgan fingerprint density at radius 2 is 1.74 bits per heavy atom. The largest absolute Gasteiger partial charge is 0.478 e. The molecule has 1 heterocycles. The van der Waals surface area contributed by atoms with Crippen molar-refractivity contribution in [1.29, 1.82) is 0 Å². The lowest BCUT2D eigenvalue weighted by Crippen LogP contribution is -2.42.